The van der Waals surface area contributed by atoms with Gasteiger partial charge in [-0.1, -0.05) is 19.9 Å². The number of hydrogen-bond acceptors (Lipinski definition) is 3. The molecule has 2 rings (SSSR count). The zero-order valence-electron chi connectivity index (χ0n) is 13.4. The van der Waals surface area contributed by atoms with E-state index in [0.29, 0.717) is 0 Å². The van der Waals surface area contributed by atoms with Gasteiger partial charge in [0.15, 0.2) is 0 Å². The summed E-state index contributed by atoms with van der Waals surface area (Å²) in [6.45, 7) is 11.4. The lowest BCUT2D eigenvalue weighted by Crippen LogP contribution is -2.43. The van der Waals surface area contributed by atoms with Gasteiger partial charge in [0, 0.05) is 31.9 Å². The largest absolute Gasteiger partial charge is 0.369 e. The van der Waals surface area contributed by atoms with Crippen LogP contribution in [0.1, 0.15) is 37.8 Å². The molecule has 0 saturated carbocycles. The predicted octanol–water partition coefficient (Wildman–Crippen LogP) is 2.71. The second-order valence-corrected chi connectivity index (χ2v) is 5.16. The molecular weight excluding hydrogens is 246 g/mol. The first-order valence-corrected chi connectivity index (χ1v) is 8.06. The summed E-state index contributed by atoms with van der Waals surface area (Å²) in [7, 11) is 0. The maximum Gasteiger partial charge on any atom is 0.0372 e. The van der Waals surface area contributed by atoms with E-state index >= 15 is 0 Å². The number of anilines is 1. The molecule has 0 atom stereocenters. The van der Waals surface area contributed by atoms with Crippen LogP contribution in [-0.4, -0.2) is 32.7 Å². The Hall–Kier alpha value is -1.06. The molecule has 0 unspecified atom stereocenters. The zero-order chi connectivity index (χ0) is 14.8. The van der Waals surface area contributed by atoms with Gasteiger partial charge in [-0.05, 0) is 56.0 Å². The smallest absolute Gasteiger partial charge is 0.0372 e. The number of nitrogens with two attached hydrogens (primary N) is 1. The lowest BCUT2D eigenvalue weighted by atomic mass is 10.0. The van der Waals surface area contributed by atoms with Gasteiger partial charge in [-0.15, -0.1) is 0 Å². The fourth-order valence-corrected chi connectivity index (χ4v) is 2.56. The van der Waals surface area contributed by atoms with E-state index in [1.165, 1.54) is 23.2 Å². The summed E-state index contributed by atoms with van der Waals surface area (Å²) in [6, 6.07) is 6.97. The molecule has 1 fully saturated rings. The highest BCUT2D eigenvalue weighted by molar-refractivity contribution is 5.51. The summed E-state index contributed by atoms with van der Waals surface area (Å²) in [5.74, 6) is 0. The second-order valence-electron chi connectivity index (χ2n) is 5.16. The lowest BCUT2D eigenvalue weighted by Gasteiger charge is -2.30. The minimum absolute atomic E-state index is 0.802. The topological polar surface area (TPSA) is 41.3 Å². The van der Waals surface area contributed by atoms with Gasteiger partial charge in [0.25, 0.3) is 0 Å². The van der Waals surface area contributed by atoms with Crippen molar-refractivity contribution in [1.29, 1.82) is 0 Å². The fraction of sp³-hybridized carbons (Fsp3) is 0.647. The first-order chi connectivity index (χ1) is 9.79. The first-order valence-electron chi connectivity index (χ1n) is 8.06. The Morgan fingerprint density at radius 1 is 1.10 bits per heavy atom. The number of piperazine rings is 1. The van der Waals surface area contributed by atoms with Crippen molar-refractivity contribution in [1.82, 2.24) is 5.32 Å². The quantitative estimate of drug-likeness (QED) is 0.813. The van der Waals surface area contributed by atoms with Crippen LogP contribution >= 0.6 is 0 Å². The first kappa shape index (κ1) is 17.0. The molecule has 20 heavy (non-hydrogen) atoms. The molecule has 0 amide bonds. The Kier molecular flexibility index (Phi) is 8.31. The summed E-state index contributed by atoms with van der Waals surface area (Å²) in [4.78, 5) is 2.48. The van der Waals surface area contributed by atoms with Crippen LogP contribution in [-0.2, 0) is 6.42 Å². The molecule has 0 aromatic heterocycles. The third-order valence-electron chi connectivity index (χ3n) is 3.52. The molecule has 0 aliphatic carbocycles. The second kappa shape index (κ2) is 9.78. The Labute approximate surface area is 124 Å². The van der Waals surface area contributed by atoms with Gasteiger partial charge in [-0.2, -0.15) is 0 Å². The Morgan fingerprint density at radius 2 is 1.80 bits per heavy atom. The summed E-state index contributed by atoms with van der Waals surface area (Å²) < 4.78 is 0. The molecule has 0 spiro atoms. The van der Waals surface area contributed by atoms with Crippen LogP contribution in [0.15, 0.2) is 18.2 Å². The van der Waals surface area contributed by atoms with E-state index in [-0.39, 0.29) is 0 Å². The SMILES string of the molecule is CC.Cc1cc(CCCCN)cc(N2CCNCC2)c1. The number of hydrogen-bond donors (Lipinski definition) is 2. The molecule has 1 aromatic rings. The molecule has 114 valence electrons. The van der Waals surface area contributed by atoms with E-state index in [9.17, 15) is 0 Å². The molecule has 1 heterocycles. The zero-order valence-corrected chi connectivity index (χ0v) is 13.4. The number of rotatable bonds is 5. The standard InChI is InChI=1S/C15H25N3.C2H6/c1-13-10-14(4-2-3-5-16)12-15(11-13)18-8-6-17-7-9-18;1-2/h10-12,17H,2-9,16H2,1H3;1-2H3. The molecule has 0 bridgehead atoms. The van der Waals surface area contributed by atoms with Crippen molar-refractivity contribution in [3.8, 4) is 0 Å². The average Bonchev–Trinajstić information content (AvgIpc) is 2.50. The van der Waals surface area contributed by atoms with Crippen LogP contribution in [0, 0.1) is 6.92 Å². The predicted molar refractivity (Wildman–Crippen MR) is 89.6 cm³/mol. The van der Waals surface area contributed by atoms with Gasteiger partial charge in [0.1, 0.15) is 0 Å². The normalized spacial score (nSPS) is 14.7. The highest BCUT2D eigenvalue weighted by Gasteiger charge is 2.11. The third-order valence-corrected chi connectivity index (χ3v) is 3.52. The molecule has 3 heteroatoms. The number of unbranched alkanes of at least 4 members (excludes halogenated alkanes) is 1. The van der Waals surface area contributed by atoms with Crippen LogP contribution in [0.3, 0.4) is 0 Å². The molecule has 3 N–H and O–H groups in total. The van der Waals surface area contributed by atoms with Crippen molar-refractivity contribution in [3.05, 3.63) is 29.3 Å². The van der Waals surface area contributed by atoms with Crippen LogP contribution < -0.4 is 16.0 Å². The monoisotopic (exact) mass is 277 g/mol. The van der Waals surface area contributed by atoms with E-state index in [0.717, 1.165) is 45.6 Å². The Balaban J connectivity index is 0.000000956. The highest BCUT2D eigenvalue weighted by Crippen LogP contribution is 2.20. The van der Waals surface area contributed by atoms with E-state index in [2.05, 4.69) is 35.3 Å². The van der Waals surface area contributed by atoms with E-state index < -0.39 is 0 Å². The van der Waals surface area contributed by atoms with Crippen LogP contribution in [0.4, 0.5) is 5.69 Å². The maximum absolute atomic E-state index is 5.55. The maximum atomic E-state index is 5.55. The molecular formula is C17H31N3. The summed E-state index contributed by atoms with van der Waals surface area (Å²) in [5, 5.41) is 3.40. The molecule has 3 nitrogen and oxygen atoms in total. The molecule has 1 aliphatic heterocycles. The number of benzene rings is 1. The van der Waals surface area contributed by atoms with Crippen molar-refractivity contribution >= 4 is 5.69 Å². The fourth-order valence-electron chi connectivity index (χ4n) is 2.56. The van der Waals surface area contributed by atoms with Gasteiger partial charge in [-0.3, -0.25) is 0 Å². The van der Waals surface area contributed by atoms with Gasteiger partial charge in [-0.25, -0.2) is 0 Å². The van der Waals surface area contributed by atoms with Crippen LogP contribution in [0.2, 0.25) is 0 Å². The third kappa shape index (κ3) is 5.51. The van der Waals surface area contributed by atoms with Crippen LogP contribution in [0.25, 0.3) is 0 Å². The van der Waals surface area contributed by atoms with E-state index in [1.54, 1.807) is 0 Å². The molecule has 0 radical (unpaired) electrons. The molecule has 1 aliphatic rings. The van der Waals surface area contributed by atoms with Crippen molar-refractivity contribution in [2.75, 3.05) is 37.6 Å². The van der Waals surface area contributed by atoms with Crippen molar-refractivity contribution in [2.45, 2.75) is 40.0 Å². The average molecular weight is 277 g/mol. The number of aryl methyl sites for hydroxylation is 2. The molecule has 1 aromatic carbocycles. The molecule has 1 saturated heterocycles. The van der Waals surface area contributed by atoms with Crippen molar-refractivity contribution < 1.29 is 0 Å². The number of nitrogens with zero attached hydrogens (tertiary/aromatic N) is 1. The Bertz CT molecular complexity index is 370. The Morgan fingerprint density at radius 3 is 2.45 bits per heavy atom. The lowest BCUT2D eigenvalue weighted by molar-refractivity contribution is 0.589. The van der Waals surface area contributed by atoms with Crippen LogP contribution in [0.5, 0.6) is 0 Å². The van der Waals surface area contributed by atoms with E-state index in [1.807, 2.05) is 13.8 Å². The van der Waals surface area contributed by atoms with Gasteiger partial charge < -0.3 is 16.0 Å². The van der Waals surface area contributed by atoms with E-state index in [4.69, 9.17) is 5.73 Å². The van der Waals surface area contributed by atoms with Crippen molar-refractivity contribution in [2.24, 2.45) is 5.73 Å². The minimum atomic E-state index is 0.802. The summed E-state index contributed by atoms with van der Waals surface area (Å²) in [5.41, 5.74) is 9.77. The highest BCUT2D eigenvalue weighted by atomic mass is 15.2. The van der Waals surface area contributed by atoms with Gasteiger partial charge in [0.2, 0.25) is 0 Å². The minimum Gasteiger partial charge on any atom is -0.369 e. The van der Waals surface area contributed by atoms with Gasteiger partial charge >= 0.3 is 0 Å². The summed E-state index contributed by atoms with van der Waals surface area (Å²) >= 11 is 0. The van der Waals surface area contributed by atoms with Crippen molar-refractivity contribution in [3.63, 3.8) is 0 Å². The number of nitrogens with one attached hydrogen (secondary N) is 1. The summed E-state index contributed by atoms with van der Waals surface area (Å²) in [6.07, 6.45) is 3.47. The van der Waals surface area contributed by atoms with Gasteiger partial charge in [0.05, 0.1) is 0 Å².